The molecule has 8 atom stereocenters. The molecule has 0 aromatic heterocycles. The fourth-order valence-corrected chi connectivity index (χ4v) is 7.72. The van der Waals surface area contributed by atoms with Gasteiger partial charge in [0.25, 0.3) is 0 Å². The first-order chi connectivity index (χ1) is 11.3. The van der Waals surface area contributed by atoms with Crippen molar-refractivity contribution in [1.29, 1.82) is 0 Å². The third kappa shape index (κ3) is 2.12. The third-order valence-electron chi connectivity index (χ3n) is 8.81. The molecule has 3 heteroatoms. The standard InChI is InChI=1S/C21H32O3/c1-12(22)16-6-7-17-15-5-4-13-10-14(23)8-9-20(13,2)19(15)18(24)11-21(16,17)3/h13-17,19,23H,4-11H2,1-3H3/t13-,14+,15-,16-,17+,19+,20-,21-/m0/s1. The summed E-state index contributed by atoms with van der Waals surface area (Å²) in [5, 5.41) is 10.1. The molecule has 4 saturated carbocycles. The Morgan fingerprint density at radius 2 is 1.83 bits per heavy atom. The van der Waals surface area contributed by atoms with Crippen molar-refractivity contribution in [1.82, 2.24) is 0 Å². The van der Waals surface area contributed by atoms with Crippen molar-refractivity contribution >= 4 is 11.6 Å². The molecule has 0 heterocycles. The van der Waals surface area contributed by atoms with Crippen LogP contribution in [0.15, 0.2) is 0 Å². The molecule has 4 rings (SSSR count). The SMILES string of the molecule is CC(=O)[C@@H]1CC[C@@H]2[C@@H]3CC[C@H]4C[C@H](O)CC[C@]4(C)[C@H]3C(=O)C[C@]21C. The minimum absolute atomic E-state index is 0.0782. The van der Waals surface area contributed by atoms with Crippen LogP contribution in [0, 0.1) is 40.4 Å². The summed E-state index contributed by atoms with van der Waals surface area (Å²) in [4.78, 5) is 25.5. The summed E-state index contributed by atoms with van der Waals surface area (Å²) >= 11 is 0. The van der Waals surface area contributed by atoms with Gasteiger partial charge in [0, 0.05) is 18.3 Å². The van der Waals surface area contributed by atoms with Crippen molar-refractivity contribution in [2.75, 3.05) is 0 Å². The summed E-state index contributed by atoms with van der Waals surface area (Å²) in [6.07, 6.45) is 7.53. The number of ketones is 2. The van der Waals surface area contributed by atoms with E-state index >= 15 is 0 Å². The zero-order valence-electron chi connectivity index (χ0n) is 15.4. The lowest BCUT2D eigenvalue weighted by molar-refractivity contribution is -0.162. The van der Waals surface area contributed by atoms with Crippen molar-refractivity contribution in [2.24, 2.45) is 40.4 Å². The highest BCUT2D eigenvalue weighted by Gasteiger charge is 2.63. The van der Waals surface area contributed by atoms with Crippen LogP contribution >= 0.6 is 0 Å². The topological polar surface area (TPSA) is 54.4 Å². The second-order valence-corrected chi connectivity index (χ2v) is 9.85. The number of carbonyl (C=O) groups excluding carboxylic acids is 2. The van der Waals surface area contributed by atoms with Crippen LogP contribution in [0.4, 0.5) is 0 Å². The van der Waals surface area contributed by atoms with Gasteiger partial charge in [-0.3, -0.25) is 9.59 Å². The molecule has 3 nitrogen and oxygen atoms in total. The lowest BCUT2D eigenvalue weighted by atomic mass is 9.44. The lowest BCUT2D eigenvalue weighted by Crippen LogP contribution is -2.58. The zero-order chi connectivity index (χ0) is 17.3. The number of hydrogen-bond acceptors (Lipinski definition) is 3. The first-order valence-corrected chi connectivity index (χ1v) is 9.98. The van der Waals surface area contributed by atoms with Gasteiger partial charge in [0.2, 0.25) is 0 Å². The number of Topliss-reactive ketones (excluding diaryl/α,β-unsaturated/α-hetero) is 2. The molecule has 0 aromatic rings. The van der Waals surface area contributed by atoms with Crippen LogP contribution < -0.4 is 0 Å². The highest BCUT2D eigenvalue weighted by molar-refractivity contribution is 5.87. The van der Waals surface area contributed by atoms with Gasteiger partial charge in [-0.1, -0.05) is 13.8 Å². The van der Waals surface area contributed by atoms with E-state index in [1.54, 1.807) is 6.92 Å². The molecular weight excluding hydrogens is 300 g/mol. The van der Waals surface area contributed by atoms with Crippen LogP contribution in [-0.4, -0.2) is 22.8 Å². The second-order valence-electron chi connectivity index (χ2n) is 9.85. The van der Waals surface area contributed by atoms with Crippen LogP contribution in [0.5, 0.6) is 0 Å². The van der Waals surface area contributed by atoms with Crippen molar-refractivity contribution in [3.63, 3.8) is 0 Å². The minimum atomic E-state index is -0.169. The smallest absolute Gasteiger partial charge is 0.137 e. The van der Waals surface area contributed by atoms with E-state index in [0.717, 1.165) is 44.9 Å². The Morgan fingerprint density at radius 1 is 1.08 bits per heavy atom. The summed E-state index contributed by atoms with van der Waals surface area (Å²) in [6, 6.07) is 0. The molecule has 134 valence electrons. The first-order valence-electron chi connectivity index (χ1n) is 9.98. The van der Waals surface area contributed by atoms with Gasteiger partial charge in [0.15, 0.2) is 0 Å². The number of rotatable bonds is 1. The molecule has 0 aliphatic heterocycles. The van der Waals surface area contributed by atoms with Crippen LogP contribution in [0.2, 0.25) is 0 Å². The molecule has 4 aliphatic carbocycles. The molecule has 0 unspecified atom stereocenters. The number of aliphatic hydroxyl groups is 1. The van der Waals surface area contributed by atoms with E-state index in [-0.39, 0.29) is 34.6 Å². The molecule has 0 aromatic carbocycles. The van der Waals surface area contributed by atoms with E-state index in [2.05, 4.69) is 13.8 Å². The van der Waals surface area contributed by atoms with Crippen LogP contribution in [-0.2, 0) is 9.59 Å². The average molecular weight is 332 g/mol. The fourth-order valence-electron chi connectivity index (χ4n) is 7.72. The number of hydrogen-bond donors (Lipinski definition) is 1. The summed E-state index contributed by atoms with van der Waals surface area (Å²) < 4.78 is 0. The molecule has 1 N–H and O–H groups in total. The monoisotopic (exact) mass is 332 g/mol. The molecular formula is C21H32O3. The predicted octanol–water partition coefficient (Wildman–Crippen LogP) is 3.77. The van der Waals surface area contributed by atoms with Gasteiger partial charge in [-0.05, 0) is 80.5 Å². The van der Waals surface area contributed by atoms with E-state index < -0.39 is 0 Å². The normalized spacial score (nSPS) is 53.9. The fraction of sp³-hybridized carbons (Fsp3) is 0.905. The third-order valence-corrected chi connectivity index (χ3v) is 8.81. The molecule has 4 aliphatic rings. The van der Waals surface area contributed by atoms with Crippen molar-refractivity contribution in [2.45, 2.75) is 78.2 Å². The van der Waals surface area contributed by atoms with Crippen LogP contribution in [0.1, 0.15) is 72.1 Å². The van der Waals surface area contributed by atoms with Gasteiger partial charge in [-0.15, -0.1) is 0 Å². The summed E-state index contributed by atoms with van der Waals surface area (Å²) in [5.41, 5.74) is -0.0175. The first kappa shape index (κ1) is 16.8. The summed E-state index contributed by atoms with van der Waals surface area (Å²) in [7, 11) is 0. The second kappa shape index (κ2) is 5.40. The van der Waals surface area contributed by atoms with Gasteiger partial charge in [-0.25, -0.2) is 0 Å². The van der Waals surface area contributed by atoms with Gasteiger partial charge in [0.05, 0.1) is 6.10 Å². The maximum atomic E-state index is 13.3. The molecule has 0 saturated heterocycles. The van der Waals surface area contributed by atoms with Crippen molar-refractivity contribution in [3.05, 3.63) is 0 Å². The molecule has 0 bridgehead atoms. The van der Waals surface area contributed by atoms with E-state index in [9.17, 15) is 14.7 Å². The highest BCUT2D eigenvalue weighted by Crippen LogP contribution is 2.66. The van der Waals surface area contributed by atoms with E-state index in [1.165, 1.54) is 0 Å². The maximum Gasteiger partial charge on any atom is 0.137 e. The van der Waals surface area contributed by atoms with E-state index in [0.29, 0.717) is 30.0 Å². The Balaban J connectivity index is 1.68. The van der Waals surface area contributed by atoms with E-state index in [4.69, 9.17) is 0 Å². The highest BCUT2D eigenvalue weighted by atomic mass is 16.3. The van der Waals surface area contributed by atoms with Crippen molar-refractivity contribution in [3.8, 4) is 0 Å². The van der Waals surface area contributed by atoms with Crippen molar-refractivity contribution < 1.29 is 14.7 Å². The Hall–Kier alpha value is -0.700. The molecule has 0 spiro atoms. The Labute approximate surface area is 145 Å². The number of aliphatic hydroxyl groups excluding tert-OH is 1. The van der Waals surface area contributed by atoms with Crippen LogP contribution in [0.25, 0.3) is 0 Å². The minimum Gasteiger partial charge on any atom is -0.393 e. The molecule has 4 fully saturated rings. The Kier molecular flexibility index (Phi) is 3.77. The lowest BCUT2D eigenvalue weighted by Gasteiger charge is -2.59. The summed E-state index contributed by atoms with van der Waals surface area (Å²) in [5.74, 6) is 2.48. The van der Waals surface area contributed by atoms with Gasteiger partial charge in [0.1, 0.15) is 11.6 Å². The van der Waals surface area contributed by atoms with Gasteiger partial charge >= 0.3 is 0 Å². The maximum absolute atomic E-state index is 13.3. The van der Waals surface area contributed by atoms with Crippen LogP contribution in [0.3, 0.4) is 0 Å². The Morgan fingerprint density at radius 3 is 2.54 bits per heavy atom. The van der Waals surface area contributed by atoms with E-state index in [1.807, 2.05) is 0 Å². The largest absolute Gasteiger partial charge is 0.393 e. The average Bonchev–Trinajstić information content (AvgIpc) is 2.84. The van der Waals surface area contributed by atoms with Gasteiger partial charge in [-0.2, -0.15) is 0 Å². The molecule has 0 radical (unpaired) electrons. The number of carbonyl (C=O) groups is 2. The molecule has 24 heavy (non-hydrogen) atoms. The zero-order valence-corrected chi connectivity index (χ0v) is 15.4. The quantitative estimate of drug-likeness (QED) is 0.795. The summed E-state index contributed by atoms with van der Waals surface area (Å²) in [6.45, 7) is 6.28. The molecule has 0 amide bonds. The predicted molar refractivity (Wildman–Crippen MR) is 92.3 cm³/mol. The Bertz CT molecular complexity index is 569. The number of fused-ring (bicyclic) bond motifs is 5. The van der Waals surface area contributed by atoms with Gasteiger partial charge < -0.3 is 5.11 Å².